The van der Waals surface area contributed by atoms with Crippen LogP contribution in [0.5, 0.6) is 0 Å². The van der Waals surface area contributed by atoms with Crippen molar-refractivity contribution in [2.75, 3.05) is 5.75 Å². The van der Waals surface area contributed by atoms with Crippen LogP contribution in [0.25, 0.3) is 22.1 Å². The van der Waals surface area contributed by atoms with Gasteiger partial charge in [0.1, 0.15) is 11.3 Å². The van der Waals surface area contributed by atoms with Crippen molar-refractivity contribution in [3.8, 4) is 11.1 Å². The third kappa shape index (κ3) is 5.57. The molecule has 0 aliphatic carbocycles. The largest absolute Gasteiger partial charge is 0.461 e. The van der Waals surface area contributed by atoms with Crippen molar-refractivity contribution < 1.29 is 17.6 Å². The van der Waals surface area contributed by atoms with Crippen molar-refractivity contribution in [1.82, 2.24) is 4.72 Å². The van der Waals surface area contributed by atoms with E-state index in [0.29, 0.717) is 24.0 Å². The Balaban J connectivity index is 1.55. The van der Waals surface area contributed by atoms with Crippen molar-refractivity contribution in [2.45, 2.75) is 39.5 Å². The van der Waals surface area contributed by atoms with Crippen LogP contribution in [0.1, 0.15) is 53.4 Å². The Morgan fingerprint density at radius 3 is 2.32 bits per heavy atom. The quantitative estimate of drug-likeness (QED) is 0.290. The van der Waals surface area contributed by atoms with Gasteiger partial charge in [0.25, 0.3) is 5.91 Å². The van der Waals surface area contributed by atoms with Crippen LogP contribution in [0.4, 0.5) is 0 Å². The van der Waals surface area contributed by atoms with Gasteiger partial charge < -0.3 is 4.42 Å². The van der Waals surface area contributed by atoms with Crippen LogP contribution in [-0.2, 0) is 16.4 Å². The van der Waals surface area contributed by atoms with Crippen molar-refractivity contribution in [2.24, 2.45) is 0 Å². The number of hydrogen-bond acceptors (Lipinski definition) is 4. The molecule has 5 nitrogen and oxygen atoms in total. The van der Waals surface area contributed by atoms with Crippen LogP contribution < -0.4 is 4.72 Å². The van der Waals surface area contributed by atoms with Gasteiger partial charge in [-0.05, 0) is 48.2 Å². The van der Waals surface area contributed by atoms with E-state index in [1.165, 1.54) is 5.56 Å². The van der Waals surface area contributed by atoms with E-state index in [1.807, 2.05) is 32.0 Å². The maximum absolute atomic E-state index is 12.7. The van der Waals surface area contributed by atoms with Crippen molar-refractivity contribution >= 4 is 26.9 Å². The lowest BCUT2D eigenvalue weighted by molar-refractivity contribution is 0.0981. The number of carbonyl (C=O) groups is 1. The summed E-state index contributed by atoms with van der Waals surface area (Å²) in [6.45, 7) is 3.91. The number of sulfonamides is 1. The van der Waals surface area contributed by atoms with Gasteiger partial charge in [-0.3, -0.25) is 4.79 Å². The summed E-state index contributed by atoms with van der Waals surface area (Å²) in [5, 5.41) is 0.820. The van der Waals surface area contributed by atoms with Crippen LogP contribution in [0.15, 0.2) is 77.2 Å². The molecule has 1 heterocycles. The lowest BCUT2D eigenvalue weighted by Gasteiger charge is -2.07. The monoisotopic (exact) mass is 475 g/mol. The van der Waals surface area contributed by atoms with Crippen LogP contribution in [0.3, 0.4) is 0 Å². The molecule has 1 aromatic heterocycles. The molecule has 4 aromatic rings. The molecule has 0 spiro atoms. The van der Waals surface area contributed by atoms with E-state index in [-0.39, 0.29) is 5.75 Å². The lowest BCUT2D eigenvalue weighted by Crippen LogP contribution is -2.32. The molecule has 0 saturated heterocycles. The highest BCUT2D eigenvalue weighted by Crippen LogP contribution is 2.29. The summed E-state index contributed by atoms with van der Waals surface area (Å²) in [6, 6.07) is 23.7. The summed E-state index contributed by atoms with van der Waals surface area (Å²) in [5.74, 6) is 0.117. The number of fused-ring (bicyclic) bond motifs is 1. The second-order valence-corrected chi connectivity index (χ2v) is 10.4. The number of furan rings is 1. The third-order valence-electron chi connectivity index (χ3n) is 5.96. The Labute approximate surface area is 200 Å². The van der Waals surface area contributed by atoms with Crippen LogP contribution >= 0.6 is 0 Å². The topological polar surface area (TPSA) is 76.4 Å². The van der Waals surface area contributed by atoms with Gasteiger partial charge in [-0.2, -0.15) is 0 Å². The minimum absolute atomic E-state index is 0.0517. The number of unbranched alkanes of at least 4 members (excludes halogenated alkanes) is 2. The summed E-state index contributed by atoms with van der Waals surface area (Å²) in [6.07, 6.45) is 2.91. The van der Waals surface area contributed by atoms with E-state index in [4.69, 9.17) is 4.42 Å². The Morgan fingerprint density at radius 2 is 1.62 bits per heavy atom. The molecule has 6 heteroatoms. The molecule has 3 aromatic carbocycles. The van der Waals surface area contributed by atoms with Crippen molar-refractivity contribution in [1.29, 1.82) is 0 Å². The number of benzene rings is 3. The molecule has 34 heavy (non-hydrogen) atoms. The fourth-order valence-electron chi connectivity index (χ4n) is 4.07. The van der Waals surface area contributed by atoms with Gasteiger partial charge in [-0.25, -0.2) is 13.1 Å². The van der Waals surface area contributed by atoms with E-state index in [2.05, 4.69) is 41.1 Å². The Kier molecular flexibility index (Phi) is 7.17. The smallest absolute Gasteiger partial charge is 0.264 e. The summed E-state index contributed by atoms with van der Waals surface area (Å²) in [5.41, 5.74) is 5.40. The molecule has 0 fully saturated rings. The van der Waals surface area contributed by atoms with Crippen LogP contribution in [-0.4, -0.2) is 20.1 Å². The SMILES string of the molecule is CCCCCS(=O)(=O)NC(=O)c1ccc2oc(C)c(Cc3ccc(-c4ccccc4)cc3)c2c1. The Hall–Kier alpha value is -3.38. The van der Waals surface area contributed by atoms with E-state index >= 15 is 0 Å². The summed E-state index contributed by atoms with van der Waals surface area (Å²) < 4.78 is 32.6. The molecule has 1 amide bonds. The van der Waals surface area contributed by atoms with Gasteiger partial charge in [0.05, 0.1) is 5.75 Å². The maximum atomic E-state index is 12.7. The van der Waals surface area contributed by atoms with Gasteiger partial charge >= 0.3 is 0 Å². The minimum atomic E-state index is -3.66. The first-order valence-electron chi connectivity index (χ1n) is 11.6. The molecule has 0 radical (unpaired) electrons. The predicted molar refractivity (Wildman–Crippen MR) is 136 cm³/mol. The molecule has 1 N–H and O–H groups in total. The van der Waals surface area contributed by atoms with Crippen molar-refractivity contribution in [3.05, 3.63) is 95.2 Å². The predicted octanol–water partition coefficient (Wildman–Crippen LogP) is 6.25. The fraction of sp³-hybridized carbons (Fsp3) is 0.250. The summed E-state index contributed by atoms with van der Waals surface area (Å²) >= 11 is 0. The van der Waals surface area contributed by atoms with Gasteiger partial charge in [0, 0.05) is 22.9 Å². The number of hydrogen-bond donors (Lipinski definition) is 1. The molecule has 0 unspecified atom stereocenters. The zero-order valence-electron chi connectivity index (χ0n) is 19.5. The number of carbonyl (C=O) groups excluding carboxylic acids is 1. The molecular formula is C28H29NO4S. The highest BCUT2D eigenvalue weighted by molar-refractivity contribution is 7.90. The number of nitrogens with one attached hydrogen (secondary N) is 1. The third-order valence-corrected chi connectivity index (χ3v) is 7.28. The zero-order chi connectivity index (χ0) is 24.1. The average Bonchev–Trinajstić information content (AvgIpc) is 3.14. The number of aryl methyl sites for hydroxylation is 1. The van der Waals surface area contributed by atoms with Crippen LogP contribution in [0.2, 0.25) is 0 Å². The van der Waals surface area contributed by atoms with E-state index < -0.39 is 15.9 Å². The standard InChI is InChI=1S/C28H29NO4S/c1-3-4-8-17-34(31,32)29-28(30)24-15-16-27-26(19-24)25(20(2)33-27)18-21-11-13-23(14-12-21)22-9-6-5-7-10-22/h5-7,9-16,19H,3-4,8,17-18H2,1-2H3,(H,29,30). The average molecular weight is 476 g/mol. The molecule has 4 rings (SSSR count). The summed E-state index contributed by atoms with van der Waals surface area (Å²) in [4.78, 5) is 12.7. The van der Waals surface area contributed by atoms with E-state index in [1.54, 1.807) is 18.2 Å². The Bertz CT molecular complexity index is 1390. The molecule has 0 atom stereocenters. The molecule has 0 aliphatic rings. The molecule has 0 bridgehead atoms. The van der Waals surface area contributed by atoms with E-state index in [0.717, 1.165) is 40.7 Å². The highest BCUT2D eigenvalue weighted by Gasteiger charge is 2.18. The normalized spacial score (nSPS) is 11.6. The first-order valence-corrected chi connectivity index (χ1v) is 13.2. The Morgan fingerprint density at radius 1 is 0.912 bits per heavy atom. The lowest BCUT2D eigenvalue weighted by atomic mass is 9.98. The van der Waals surface area contributed by atoms with E-state index in [9.17, 15) is 13.2 Å². The van der Waals surface area contributed by atoms with Gasteiger partial charge in [0.2, 0.25) is 10.0 Å². The first-order chi connectivity index (χ1) is 16.4. The second-order valence-electron chi connectivity index (χ2n) is 8.54. The van der Waals surface area contributed by atoms with Gasteiger partial charge in [-0.15, -0.1) is 0 Å². The highest BCUT2D eigenvalue weighted by atomic mass is 32.2. The van der Waals surface area contributed by atoms with Gasteiger partial charge in [0.15, 0.2) is 0 Å². The summed E-state index contributed by atoms with van der Waals surface area (Å²) in [7, 11) is -3.66. The number of amides is 1. The molecular weight excluding hydrogens is 446 g/mol. The zero-order valence-corrected chi connectivity index (χ0v) is 20.3. The molecule has 176 valence electrons. The maximum Gasteiger partial charge on any atom is 0.264 e. The second kappa shape index (κ2) is 10.3. The minimum Gasteiger partial charge on any atom is -0.461 e. The fourth-order valence-corrected chi connectivity index (χ4v) is 5.16. The van der Waals surface area contributed by atoms with Crippen molar-refractivity contribution in [3.63, 3.8) is 0 Å². The van der Waals surface area contributed by atoms with Gasteiger partial charge in [-0.1, -0.05) is 74.4 Å². The first kappa shape index (κ1) is 23.8. The molecule has 0 aliphatic heterocycles. The molecule has 0 saturated carbocycles. The van der Waals surface area contributed by atoms with Crippen LogP contribution in [0, 0.1) is 6.92 Å². The number of rotatable bonds is 9.